The third-order valence-electron chi connectivity index (χ3n) is 4.61. The van der Waals surface area contributed by atoms with Gasteiger partial charge in [-0.25, -0.2) is 9.48 Å². The number of nitrogens with one attached hydrogen (secondary N) is 1. The predicted octanol–water partition coefficient (Wildman–Crippen LogP) is 5.25. The number of carbonyl (C=O) groups excluding carboxylic acids is 1. The van der Waals surface area contributed by atoms with E-state index in [-0.39, 0.29) is 6.03 Å². The Bertz CT molecular complexity index is 1130. The van der Waals surface area contributed by atoms with Crippen LogP contribution >= 0.6 is 11.6 Å². The number of aromatic nitrogens is 3. The first-order valence-corrected chi connectivity index (χ1v) is 9.80. The van der Waals surface area contributed by atoms with Crippen molar-refractivity contribution in [3.05, 3.63) is 95.9 Å². The molecule has 1 N–H and O–H groups in total. The molecule has 4 rings (SSSR count). The molecule has 2 amide bonds. The maximum atomic E-state index is 12.6. The zero-order valence-corrected chi connectivity index (χ0v) is 17.1. The maximum Gasteiger partial charge on any atom is 0.321 e. The highest BCUT2D eigenvalue weighted by Crippen LogP contribution is 2.26. The average molecular weight is 418 g/mol. The van der Waals surface area contributed by atoms with Crippen LogP contribution < -0.4 is 5.32 Å². The zero-order valence-electron chi connectivity index (χ0n) is 16.4. The SMILES string of the molecule is CN(Cc1cn(-c2ccccc2)nc1-c1ccc(Cl)cc1)C(=O)Nc1ccncc1. The number of amides is 2. The second kappa shape index (κ2) is 8.80. The van der Waals surface area contributed by atoms with E-state index in [2.05, 4.69) is 10.3 Å². The first-order valence-electron chi connectivity index (χ1n) is 9.42. The summed E-state index contributed by atoms with van der Waals surface area (Å²) >= 11 is 6.05. The van der Waals surface area contributed by atoms with Gasteiger partial charge in [-0.15, -0.1) is 0 Å². The molecule has 0 atom stereocenters. The highest BCUT2D eigenvalue weighted by atomic mass is 35.5. The molecule has 7 heteroatoms. The van der Waals surface area contributed by atoms with Gasteiger partial charge in [-0.3, -0.25) is 4.98 Å². The lowest BCUT2D eigenvalue weighted by Crippen LogP contribution is -2.30. The van der Waals surface area contributed by atoms with E-state index in [9.17, 15) is 4.79 Å². The Balaban J connectivity index is 1.63. The molecule has 0 saturated heterocycles. The molecule has 6 nitrogen and oxygen atoms in total. The topological polar surface area (TPSA) is 63.1 Å². The van der Waals surface area contributed by atoms with Crippen molar-refractivity contribution >= 4 is 23.3 Å². The van der Waals surface area contributed by atoms with E-state index in [1.54, 1.807) is 36.5 Å². The number of pyridine rings is 1. The van der Waals surface area contributed by atoms with E-state index in [4.69, 9.17) is 16.7 Å². The lowest BCUT2D eigenvalue weighted by molar-refractivity contribution is 0.221. The summed E-state index contributed by atoms with van der Waals surface area (Å²) in [5, 5.41) is 8.32. The highest BCUT2D eigenvalue weighted by molar-refractivity contribution is 6.30. The van der Waals surface area contributed by atoms with Crippen LogP contribution in [0.3, 0.4) is 0 Å². The number of halogens is 1. The van der Waals surface area contributed by atoms with Gasteiger partial charge in [-0.05, 0) is 36.4 Å². The van der Waals surface area contributed by atoms with Gasteiger partial charge in [-0.1, -0.05) is 41.9 Å². The molecule has 2 heterocycles. The Kier molecular flexibility index (Phi) is 5.77. The second-order valence-electron chi connectivity index (χ2n) is 6.81. The smallest absolute Gasteiger partial charge is 0.321 e. The fourth-order valence-electron chi connectivity index (χ4n) is 3.07. The lowest BCUT2D eigenvalue weighted by Gasteiger charge is -2.18. The van der Waals surface area contributed by atoms with Crippen LogP contribution in [0, 0.1) is 0 Å². The Morgan fingerprint density at radius 1 is 1.03 bits per heavy atom. The van der Waals surface area contributed by atoms with Crippen molar-refractivity contribution in [1.82, 2.24) is 19.7 Å². The van der Waals surface area contributed by atoms with Gasteiger partial charge in [0.1, 0.15) is 0 Å². The molecule has 0 aliphatic heterocycles. The van der Waals surface area contributed by atoms with E-state index in [0.717, 1.165) is 22.5 Å². The van der Waals surface area contributed by atoms with E-state index >= 15 is 0 Å². The number of anilines is 1. The van der Waals surface area contributed by atoms with Gasteiger partial charge in [0.15, 0.2) is 0 Å². The van der Waals surface area contributed by atoms with Crippen LogP contribution in [-0.2, 0) is 6.54 Å². The molecular weight excluding hydrogens is 398 g/mol. The summed E-state index contributed by atoms with van der Waals surface area (Å²) in [5.41, 5.74) is 4.31. The monoisotopic (exact) mass is 417 g/mol. The van der Waals surface area contributed by atoms with Crippen LogP contribution in [0.5, 0.6) is 0 Å². The number of urea groups is 1. The molecule has 4 aromatic rings. The summed E-state index contributed by atoms with van der Waals surface area (Å²) in [5.74, 6) is 0. The Morgan fingerprint density at radius 3 is 2.43 bits per heavy atom. The van der Waals surface area contributed by atoms with E-state index in [0.29, 0.717) is 17.3 Å². The summed E-state index contributed by atoms with van der Waals surface area (Å²) < 4.78 is 1.83. The Morgan fingerprint density at radius 2 is 1.73 bits per heavy atom. The van der Waals surface area contributed by atoms with Crippen LogP contribution in [0.25, 0.3) is 16.9 Å². The molecule has 0 radical (unpaired) electrons. The molecule has 0 unspecified atom stereocenters. The number of rotatable bonds is 5. The van der Waals surface area contributed by atoms with Crippen molar-refractivity contribution < 1.29 is 4.79 Å². The van der Waals surface area contributed by atoms with E-state index in [1.807, 2.05) is 65.5 Å². The van der Waals surface area contributed by atoms with Gasteiger partial charge in [0.25, 0.3) is 0 Å². The fourth-order valence-corrected chi connectivity index (χ4v) is 3.20. The Hall–Kier alpha value is -3.64. The van der Waals surface area contributed by atoms with E-state index in [1.165, 1.54) is 0 Å². The number of hydrogen-bond donors (Lipinski definition) is 1. The summed E-state index contributed by atoms with van der Waals surface area (Å²) in [6, 6.07) is 20.7. The molecule has 2 aromatic heterocycles. The van der Waals surface area contributed by atoms with Crippen LogP contribution in [0.2, 0.25) is 5.02 Å². The normalized spacial score (nSPS) is 10.6. The van der Waals surface area contributed by atoms with E-state index < -0.39 is 0 Å². The minimum absolute atomic E-state index is 0.212. The quantitative estimate of drug-likeness (QED) is 0.482. The third kappa shape index (κ3) is 4.50. The molecular formula is C23H20ClN5O. The lowest BCUT2D eigenvalue weighted by atomic mass is 10.1. The molecule has 2 aromatic carbocycles. The van der Waals surface area contributed by atoms with Crippen LogP contribution in [0.4, 0.5) is 10.5 Å². The predicted molar refractivity (Wildman–Crippen MR) is 119 cm³/mol. The van der Waals surface area contributed by atoms with Gasteiger partial charge in [-0.2, -0.15) is 5.10 Å². The summed E-state index contributed by atoms with van der Waals surface area (Å²) in [6.45, 7) is 0.391. The standard InChI is InChI=1S/C23H20ClN5O/c1-28(23(30)26-20-11-13-25-14-12-20)15-18-16-29(21-5-3-2-4-6-21)27-22(18)17-7-9-19(24)10-8-17/h2-14,16H,15H2,1H3,(H,25,26,30). The summed E-state index contributed by atoms with van der Waals surface area (Å²) in [7, 11) is 1.75. The molecule has 0 fully saturated rings. The molecule has 0 aliphatic carbocycles. The van der Waals surface area contributed by atoms with Crippen LogP contribution in [0.1, 0.15) is 5.56 Å². The average Bonchev–Trinajstić information content (AvgIpc) is 3.19. The van der Waals surface area contributed by atoms with Gasteiger partial charge >= 0.3 is 6.03 Å². The maximum absolute atomic E-state index is 12.6. The largest absolute Gasteiger partial charge is 0.323 e. The molecule has 0 spiro atoms. The summed E-state index contributed by atoms with van der Waals surface area (Å²) in [4.78, 5) is 18.2. The molecule has 0 bridgehead atoms. The van der Waals surface area contributed by atoms with Crippen molar-refractivity contribution in [2.45, 2.75) is 6.54 Å². The van der Waals surface area contributed by atoms with Crippen molar-refractivity contribution in [3.63, 3.8) is 0 Å². The van der Waals surface area contributed by atoms with Gasteiger partial charge in [0.05, 0.1) is 17.9 Å². The van der Waals surface area contributed by atoms with Crippen molar-refractivity contribution in [3.8, 4) is 16.9 Å². The van der Waals surface area contributed by atoms with Gasteiger partial charge in [0.2, 0.25) is 0 Å². The molecule has 30 heavy (non-hydrogen) atoms. The number of para-hydroxylation sites is 1. The van der Waals surface area contributed by atoms with Crippen molar-refractivity contribution in [2.24, 2.45) is 0 Å². The first kappa shape index (κ1) is 19.7. The Labute approximate surface area is 179 Å². The van der Waals surface area contributed by atoms with Gasteiger partial charge < -0.3 is 10.2 Å². The van der Waals surface area contributed by atoms with Crippen molar-refractivity contribution in [2.75, 3.05) is 12.4 Å². The molecule has 150 valence electrons. The third-order valence-corrected chi connectivity index (χ3v) is 4.87. The van der Waals surface area contributed by atoms with Gasteiger partial charge in [0, 0.05) is 47.5 Å². The number of carbonyl (C=O) groups is 1. The minimum atomic E-state index is -0.212. The molecule has 0 saturated carbocycles. The first-order chi connectivity index (χ1) is 14.6. The van der Waals surface area contributed by atoms with Crippen molar-refractivity contribution in [1.29, 1.82) is 0 Å². The minimum Gasteiger partial charge on any atom is -0.323 e. The highest BCUT2D eigenvalue weighted by Gasteiger charge is 2.17. The number of nitrogens with zero attached hydrogens (tertiary/aromatic N) is 4. The number of hydrogen-bond acceptors (Lipinski definition) is 3. The zero-order chi connectivity index (χ0) is 20.9. The van der Waals surface area contributed by atoms with Crippen LogP contribution in [0.15, 0.2) is 85.3 Å². The summed E-state index contributed by atoms with van der Waals surface area (Å²) in [6.07, 6.45) is 5.23. The second-order valence-corrected chi connectivity index (χ2v) is 7.25. The fraction of sp³-hybridized carbons (Fsp3) is 0.0870. The number of benzene rings is 2. The molecule has 0 aliphatic rings. The van der Waals surface area contributed by atoms with Crippen LogP contribution in [-0.4, -0.2) is 32.7 Å².